The molecule has 5 nitrogen and oxygen atoms in total. The third kappa shape index (κ3) is 9.56. The van der Waals surface area contributed by atoms with E-state index in [4.69, 9.17) is 4.74 Å². The summed E-state index contributed by atoms with van der Waals surface area (Å²) in [5.74, 6) is 1.11. The van der Waals surface area contributed by atoms with E-state index in [0.717, 1.165) is 37.8 Å². The Morgan fingerprint density at radius 3 is 1.24 bits per heavy atom. The first-order valence-electron chi connectivity index (χ1n) is 14.8. The van der Waals surface area contributed by atoms with Crippen molar-refractivity contribution in [3.63, 3.8) is 0 Å². The first kappa shape index (κ1) is 36.8. The lowest BCUT2D eigenvalue weighted by Crippen LogP contribution is -2.35. The number of hydrogen-bond acceptors (Lipinski definition) is 7. The molecule has 0 spiro atoms. The Morgan fingerprint density at radius 2 is 0.929 bits per heavy atom. The van der Waals surface area contributed by atoms with Crippen LogP contribution >= 0.6 is 23.5 Å². The molecule has 0 aliphatic rings. The number of hydrogen-bond donors (Lipinski definition) is 4. The van der Waals surface area contributed by atoms with Gasteiger partial charge in [-0.3, -0.25) is 0 Å². The van der Waals surface area contributed by atoms with Crippen molar-refractivity contribution in [3.8, 4) is 11.5 Å². The highest BCUT2D eigenvalue weighted by molar-refractivity contribution is 8.18. The second-order valence-corrected chi connectivity index (χ2v) is 19.6. The summed E-state index contributed by atoms with van der Waals surface area (Å²) in [5.41, 5.74) is 3.08. The molecule has 2 aromatic carbocycles. The SMILES string of the molecule is CC(C)(Sc1cc(C(C)(C)C)c(O)c(C(C)(C)C)c1)Sc1cc(C(C)(C)C)c(OC[C@@H](O)[C@@H](O)CO)c(C(C)(C)C)c1. The molecule has 0 saturated heterocycles. The molecule has 2 rings (SSSR count). The predicted molar refractivity (Wildman–Crippen MR) is 180 cm³/mol. The molecular weight excluding hydrogens is 565 g/mol. The second kappa shape index (κ2) is 12.9. The van der Waals surface area contributed by atoms with Gasteiger partial charge in [-0.1, -0.05) is 83.1 Å². The number of rotatable bonds is 9. The first-order valence-corrected chi connectivity index (χ1v) is 16.5. The monoisotopic (exact) mass is 620 g/mol. The molecule has 0 aliphatic heterocycles. The zero-order chi connectivity index (χ0) is 32.6. The fourth-order valence-corrected chi connectivity index (χ4v) is 7.32. The van der Waals surface area contributed by atoms with E-state index < -0.39 is 18.8 Å². The molecular formula is C35H56O5S2. The van der Waals surface area contributed by atoms with Gasteiger partial charge in [0.1, 0.15) is 30.3 Å². The van der Waals surface area contributed by atoms with Crippen LogP contribution in [0.5, 0.6) is 11.5 Å². The quantitative estimate of drug-likeness (QED) is 0.166. The summed E-state index contributed by atoms with van der Waals surface area (Å²) in [6.45, 7) is 29.5. The minimum Gasteiger partial charge on any atom is -0.507 e. The average molecular weight is 621 g/mol. The molecule has 0 unspecified atom stereocenters. The number of aliphatic hydroxyl groups excluding tert-OH is 3. The Labute approximate surface area is 263 Å². The van der Waals surface area contributed by atoms with E-state index in [1.54, 1.807) is 23.5 Å². The summed E-state index contributed by atoms with van der Waals surface area (Å²) in [7, 11) is 0. The molecule has 0 aromatic heterocycles. The van der Waals surface area contributed by atoms with Gasteiger partial charge in [-0.2, -0.15) is 0 Å². The molecule has 0 aliphatic carbocycles. The summed E-state index contributed by atoms with van der Waals surface area (Å²) in [4.78, 5) is 2.25. The van der Waals surface area contributed by atoms with Crippen molar-refractivity contribution in [1.82, 2.24) is 0 Å². The highest BCUT2D eigenvalue weighted by Crippen LogP contribution is 2.51. The Bertz CT molecular complexity index is 1150. The third-order valence-corrected chi connectivity index (χ3v) is 9.56. The first-order chi connectivity index (χ1) is 18.8. The number of phenolic OH excluding ortho intramolecular Hbond substituents is 1. The van der Waals surface area contributed by atoms with Gasteiger partial charge in [-0.25, -0.2) is 0 Å². The van der Waals surface area contributed by atoms with Gasteiger partial charge in [0.15, 0.2) is 0 Å². The van der Waals surface area contributed by atoms with Gasteiger partial charge in [-0.05, 0) is 59.8 Å². The zero-order valence-electron chi connectivity index (χ0n) is 28.4. The maximum Gasteiger partial charge on any atom is 0.126 e. The van der Waals surface area contributed by atoms with Crippen LogP contribution in [0.15, 0.2) is 34.1 Å². The molecule has 2 aromatic rings. The number of ether oxygens (including phenoxy) is 1. The molecule has 4 N–H and O–H groups in total. The van der Waals surface area contributed by atoms with Crippen molar-refractivity contribution in [1.29, 1.82) is 0 Å². The molecule has 0 heterocycles. The van der Waals surface area contributed by atoms with Crippen molar-refractivity contribution >= 4 is 23.5 Å². The fourth-order valence-electron chi connectivity index (χ4n) is 4.73. The van der Waals surface area contributed by atoms with Crippen LogP contribution in [0.3, 0.4) is 0 Å². The smallest absolute Gasteiger partial charge is 0.126 e. The number of aromatic hydroxyl groups is 1. The lowest BCUT2D eigenvalue weighted by molar-refractivity contribution is -0.0344. The Morgan fingerprint density at radius 1 is 0.595 bits per heavy atom. The maximum absolute atomic E-state index is 11.2. The van der Waals surface area contributed by atoms with Gasteiger partial charge in [0, 0.05) is 32.0 Å². The van der Waals surface area contributed by atoms with E-state index in [1.807, 2.05) is 0 Å². The van der Waals surface area contributed by atoms with Gasteiger partial charge >= 0.3 is 0 Å². The summed E-state index contributed by atoms with van der Waals surface area (Å²) in [6, 6.07) is 8.65. The van der Waals surface area contributed by atoms with E-state index in [1.165, 1.54) is 0 Å². The molecule has 42 heavy (non-hydrogen) atoms. The number of thioether (sulfide) groups is 2. The molecule has 7 heteroatoms. The molecule has 2 atom stereocenters. The Hall–Kier alpha value is -1.38. The largest absolute Gasteiger partial charge is 0.507 e. The lowest BCUT2D eigenvalue weighted by Gasteiger charge is -2.33. The summed E-state index contributed by atoms with van der Waals surface area (Å²) in [5, 5.41) is 40.7. The second-order valence-electron chi connectivity index (χ2n) is 15.9. The molecule has 0 saturated carbocycles. The molecule has 0 fully saturated rings. The van der Waals surface area contributed by atoms with Gasteiger partial charge in [0.05, 0.1) is 10.7 Å². The Kier molecular flexibility index (Phi) is 11.3. The topological polar surface area (TPSA) is 90.2 Å². The van der Waals surface area contributed by atoms with Crippen LogP contribution in [0.4, 0.5) is 0 Å². The van der Waals surface area contributed by atoms with Crippen LogP contribution in [-0.4, -0.2) is 49.9 Å². The summed E-state index contributed by atoms with van der Waals surface area (Å²) < 4.78 is 5.99. The number of aliphatic hydroxyl groups is 3. The van der Waals surface area contributed by atoms with E-state index >= 15 is 0 Å². The Balaban J connectivity index is 2.60. The van der Waals surface area contributed by atoms with Crippen molar-refractivity contribution in [2.24, 2.45) is 0 Å². The normalized spacial score (nSPS) is 15.1. The van der Waals surface area contributed by atoms with Crippen LogP contribution in [0, 0.1) is 0 Å². The van der Waals surface area contributed by atoms with Crippen LogP contribution in [0.2, 0.25) is 0 Å². The lowest BCUT2D eigenvalue weighted by atomic mass is 9.79. The van der Waals surface area contributed by atoms with Crippen molar-refractivity contribution in [2.75, 3.05) is 13.2 Å². The van der Waals surface area contributed by atoms with Crippen molar-refractivity contribution in [2.45, 2.75) is 145 Å². The van der Waals surface area contributed by atoms with Gasteiger partial charge in [0.2, 0.25) is 0 Å². The van der Waals surface area contributed by atoms with Gasteiger partial charge in [0.25, 0.3) is 0 Å². The van der Waals surface area contributed by atoms with Crippen LogP contribution < -0.4 is 4.74 Å². The van der Waals surface area contributed by atoms with Crippen molar-refractivity contribution < 1.29 is 25.2 Å². The number of phenols is 1. The molecule has 0 bridgehead atoms. The summed E-state index contributed by atoms with van der Waals surface area (Å²) >= 11 is 3.59. The maximum atomic E-state index is 11.2. The fraction of sp³-hybridized carbons (Fsp3) is 0.657. The zero-order valence-corrected chi connectivity index (χ0v) is 30.0. The van der Waals surface area contributed by atoms with Crippen LogP contribution in [-0.2, 0) is 21.7 Å². The predicted octanol–water partition coefficient (Wildman–Crippen LogP) is 8.30. The van der Waals surface area contributed by atoms with Crippen molar-refractivity contribution in [3.05, 3.63) is 46.5 Å². The van der Waals surface area contributed by atoms with E-state index in [9.17, 15) is 20.4 Å². The van der Waals surface area contributed by atoms with Crippen LogP contribution in [0.25, 0.3) is 0 Å². The molecule has 0 radical (unpaired) electrons. The molecule has 0 amide bonds. The number of benzene rings is 2. The van der Waals surface area contributed by atoms with Gasteiger partial charge in [-0.15, -0.1) is 23.5 Å². The van der Waals surface area contributed by atoms with Crippen LogP contribution in [0.1, 0.15) is 119 Å². The van der Waals surface area contributed by atoms with E-state index in [0.29, 0.717) is 5.75 Å². The highest BCUT2D eigenvalue weighted by Gasteiger charge is 2.32. The minimum atomic E-state index is -1.26. The summed E-state index contributed by atoms with van der Waals surface area (Å²) in [6.07, 6.45) is -2.45. The average Bonchev–Trinajstić information content (AvgIpc) is 2.79. The third-order valence-electron chi connectivity index (χ3n) is 7.13. The van der Waals surface area contributed by atoms with E-state index in [2.05, 4.69) is 121 Å². The van der Waals surface area contributed by atoms with E-state index in [-0.39, 0.29) is 32.3 Å². The van der Waals surface area contributed by atoms with Gasteiger partial charge < -0.3 is 25.2 Å². The minimum absolute atomic E-state index is 0.116. The molecule has 238 valence electrons. The standard InChI is InChI=1S/C35H56O5S2/c1-31(2,3)23-15-21(16-24(29(23)39)32(4,5)6)41-35(13,14)42-22-17-25(33(7,8)9)30(26(18-22)34(10,11)12)40-20-28(38)27(37)19-36/h15-18,27-28,36-39H,19-20H2,1-14H3/t27-,28+/m0/s1. The highest BCUT2D eigenvalue weighted by atomic mass is 32.2.